The summed E-state index contributed by atoms with van der Waals surface area (Å²) < 4.78 is 0. The highest BCUT2D eigenvalue weighted by molar-refractivity contribution is 7.13. The van der Waals surface area contributed by atoms with Crippen LogP contribution >= 0.6 is 11.3 Å². The molecule has 1 heterocycles. The molecule has 0 N–H and O–H groups in total. The van der Waals surface area contributed by atoms with E-state index in [0.717, 1.165) is 10.4 Å². The van der Waals surface area contributed by atoms with Crippen molar-refractivity contribution < 1.29 is 4.79 Å². The highest BCUT2D eigenvalue weighted by Gasteiger charge is 2.20. The summed E-state index contributed by atoms with van der Waals surface area (Å²) in [5, 5.41) is 0. The minimum Gasteiger partial charge on any atom is -0.331 e. The second-order valence-corrected chi connectivity index (χ2v) is 6.21. The third-order valence-electron chi connectivity index (χ3n) is 3.03. The van der Waals surface area contributed by atoms with Crippen LogP contribution in [0.2, 0.25) is 0 Å². The molecule has 1 aromatic heterocycles. The SMILES string of the molecule is Cc1ccc(C(=O)N(Cc2ccccc2)C(C)C)s1. The maximum Gasteiger partial charge on any atom is 0.264 e. The molecule has 1 aromatic carbocycles. The third-order valence-corrected chi connectivity index (χ3v) is 4.02. The van der Waals surface area contributed by atoms with Gasteiger partial charge in [0.05, 0.1) is 4.88 Å². The van der Waals surface area contributed by atoms with Gasteiger partial charge in [-0.2, -0.15) is 0 Å². The maximum atomic E-state index is 12.5. The molecule has 0 atom stereocenters. The predicted octanol–water partition coefficient (Wildman–Crippen LogP) is 4.11. The number of nitrogens with zero attached hydrogens (tertiary/aromatic N) is 1. The first-order valence-electron chi connectivity index (χ1n) is 6.49. The zero-order chi connectivity index (χ0) is 13.8. The van der Waals surface area contributed by atoms with Gasteiger partial charge in [0.25, 0.3) is 5.91 Å². The van der Waals surface area contributed by atoms with Gasteiger partial charge in [0.15, 0.2) is 0 Å². The van der Waals surface area contributed by atoms with E-state index in [1.54, 1.807) is 11.3 Å². The van der Waals surface area contributed by atoms with Crippen LogP contribution in [0.3, 0.4) is 0 Å². The molecule has 3 heteroatoms. The van der Waals surface area contributed by atoms with Crippen molar-refractivity contribution in [1.82, 2.24) is 4.90 Å². The molecule has 0 saturated carbocycles. The van der Waals surface area contributed by atoms with Gasteiger partial charge in [0.2, 0.25) is 0 Å². The molecule has 0 radical (unpaired) electrons. The first-order valence-corrected chi connectivity index (χ1v) is 7.31. The van der Waals surface area contributed by atoms with Crippen molar-refractivity contribution in [3.8, 4) is 0 Å². The molecule has 0 bridgehead atoms. The molecule has 1 amide bonds. The van der Waals surface area contributed by atoms with Crippen LogP contribution < -0.4 is 0 Å². The molecular formula is C16H19NOS. The summed E-state index contributed by atoms with van der Waals surface area (Å²) in [5.74, 6) is 0.122. The Hall–Kier alpha value is -1.61. The molecule has 0 unspecified atom stereocenters. The molecule has 0 fully saturated rings. The number of benzene rings is 1. The normalized spacial score (nSPS) is 10.7. The zero-order valence-corrected chi connectivity index (χ0v) is 12.4. The van der Waals surface area contributed by atoms with E-state index in [9.17, 15) is 4.79 Å². The lowest BCUT2D eigenvalue weighted by Gasteiger charge is -2.26. The lowest BCUT2D eigenvalue weighted by molar-refractivity contribution is 0.0695. The highest BCUT2D eigenvalue weighted by Crippen LogP contribution is 2.20. The lowest BCUT2D eigenvalue weighted by atomic mass is 10.2. The number of carbonyl (C=O) groups is 1. The molecular weight excluding hydrogens is 254 g/mol. The van der Waals surface area contributed by atoms with E-state index in [1.165, 1.54) is 4.88 Å². The van der Waals surface area contributed by atoms with Crippen molar-refractivity contribution in [2.24, 2.45) is 0 Å². The Morgan fingerprint density at radius 3 is 2.37 bits per heavy atom. The fourth-order valence-corrected chi connectivity index (χ4v) is 2.78. The Morgan fingerprint density at radius 1 is 1.16 bits per heavy atom. The van der Waals surface area contributed by atoms with Crippen molar-refractivity contribution >= 4 is 17.2 Å². The van der Waals surface area contributed by atoms with Crippen LogP contribution in [0.1, 0.15) is 34.0 Å². The third kappa shape index (κ3) is 3.44. The number of thiophene rings is 1. The average molecular weight is 273 g/mol. The summed E-state index contributed by atoms with van der Waals surface area (Å²) >= 11 is 1.56. The van der Waals surface area contributed by atoms with Gasteiger partial charge in [0, 0.05) is 17.5 Å². The molecule has 0 aliphatic rings. The standard InChI is InChI=1S/C16H19NOS/c1-12(2)17(11-14-7-5-4-6-8-14)16(18)15-10-9-13(3)19-15/h4-10,12H,11H2,1-3H3. The summed E-state index contributed by atoms with van der Waals surface area (Å²) in [4.78, 5) is 16.5. The number of hydrogen-bond acceptors (Lipinski definition) is 2. The second-order valence-electron chi connectivity index (χ2n) is 4.92. The van der Waals surface area contributed by atoms with Crippen molar-refractivity contribution in [1.29, 1.82) is 0 Å². The molecule has 0 aliphatic heterocycles. The molecule has 19 heavy (non-hydrogen) atoms. The smallest absolute Gasteiger partial charge is 0.264 e. The van der Waals surface area contributed by atoms with E-state index in [1.807, 2.05) is 42.2 Å². The fourth-order valence-electron chi connectivity index (χ4n) is 1.96. The van der Waals surface area contributed by atoms with E-state index in [-0.39, 0.29) is 11.9 Å². The molecule has 0 saturated heterocycles. The van der Waals surface area contributed by atoms with Gasteiger partial charge in [0.1, 0.15) is 0 Å². The van der Waals surface area contributed by atoms with Crippen LogP contribution in [0.4, 0.5) is 0 Å². The van der Waals surface area contributed by atoms with E-state index >= 15 is 0 Å². The Balaban J connectivity index is 2.19. The summed E-state index contributed by atoms with van der Waals surface area (Å²) in [6.45, 7) is 6.80. The number of rotatable bonds is 4. The predicted molar refractivity (Wildman–Crippen MR) is 80.5 cm³/mol. The fraction of sp³-hybridized carbons (Fsp3) is 0.312. The topological polar surface area (TPSA) is 20.3 Å². The van der Waals surface area contributed by atoms with Crippen molar-refractivity contribution in [3.05, 3.63) is 57.8 Å². The molecule has 0 spiro atoms. The monoisotopic (exact) mass is 273 g/mol. The van der Waals surface area contributed by atoms with Gasteiger partial charge in [-0.05, 0) is 38.5 Å². The molecule has 2 rings (SSSR count). The van der Waals surface area contributed by atoms with Gasteiger partial charge in [-0.3, -0.25) is 4.79 Å². The van der Waals surface area contributed by atoms with Gasteiger partial charge < -0.3 is 4.90 Å². The Kier molecular flexibility index (Phi) is 4.38. The van der Waals surface area contributed by atoms with E-state index in [0.29, 0.717) is 6.54 Å². The Labute approximate surface area is 118 Å². The number of hydrogen-bond donors (Lipinski definition) is 0. The number of amides is 1. The Morgan fingerprint density at radius 2 is 1.84 bits per heavy atom. The largest absolute Gasteiger partial charge is 0.331 e. The van der Waals surface area contributed by atoms with E-state index in [2.05, 4.69) is 26.0 Å². The zero-order valence-electron chi connectivity index (χ0n) is 11.6. The van der Waals surface area contributed by atoms with Crippen molar-refractivity contribution in [2.45, 2.75) is 33.4 Å². The van der Waals surface area contributed by atoms with E-state index in [4.69, 9.17) is 0 Å². The summed E-state index contributed by atoms with van der Waals surface area (Å²) in [6.07, 6.45) is 0. The minimum atomic E-state index is 0.122. The summed E-state index contributed by atoms with van der Waals surface area (Å²) in [5.41, 5.74) is 1.16. The summed E-state index contributed by atoms with van der Waals surface area (Å²) in [7, 11) is 0. The number of aryl methyl sites for hydroxylation is 1. The van der Waals surface area contributed by atoms with Crippen molar-refractivity contribution in [3.63, 3.8) is 0 Å². The number of carbonyl (C=O) groups excluding carboxylic acids is 1. The van der Waals surface area contributed by atoms with Gasteiger partial charge in [-0.15, -0.1) is 11.3 Å². The molecule has 2 aromatic rings. The minimum absolute atomic E-state index is 0.122. The van der Waals surface area contributed by atoms with Crippen molar-refractivity contribution in [2.75, 3.05) is 0 Å². The van der Waals surface area contributed by atoms with E-state index < -0.39 is 0 Å². The Bertz CT molecular complexity index is 545. The molecule has 100 valence electrons. The summed E-state index contributed by atoms with van der Waals surface area (Å²) in [6, 6.07) is 14.2. The second kappa shape index (κ2) is 6.02. The molecule has 2 nitrogen and oxygen atoms in total. The van der Waals surface area contributed by atoms with Crippen LogP contribution in [0.15, 0.2) is 42.5 Å². The van der Waals surface area contributed by atoms with Crippen LogP contribution in [-0.4, -0.2) is 16.8 Å². The van der Waals surface area contributed by atoms with Crippen LogP contribution in [0.25, 0.3) is 0 Å². The van der Waals surface area contributed by atoms with Crippen LogP contribution in [0, 0.1) is 6.92 Å². The maximum absolute atomic E-state index is 12.5. The van der Waals surface area contributed by atoms with Gasteiger partial charge in [-0.25, -0.2) is 0 Å². The first kappa shape index (κ1) is 13.8. The highest BCUT2D eigenvalue weighted by atomic mass is 32.1. The lowest BCUT2D eigenvalue weighted by Crippen LogP contribution is -2.35. The quantitative estimate of drug-likeness (QED) is 0.821. The van der Waals surface area contributed by atoms with Crippen LogP contribution in [0.5, 0.6) is 0 Å². The van der Waals surface area contributed by atoms with Gasteiger partial charge >= 0.3 is 0 Å². The first-order chi connectivity index (χ1) is 9.08. The van der Waals surface area contributed by atoms with Crippen LogP contribution in [-0.2, 0) is 6.54 Å². The average Bonchev–Trinajstić information content (AvgIpc) is 2.83. The molecule has 0 aliphatic carbocycles. The van der Waals surface area contributed by atoms with Gasteiger partial charge in [-0.1, -0.05) is 30.3 Å².